The lowest BCUT2D eigenvalue weighted by Gasteiger charge is -2.39. The fourth-order valence-corrected chi connectivity index (χ4v) is 4.26. The highest BCUT2D eigenvalue weighted by atomic mass is 19.4. The van der Waals surface area contributed by atoms with Crippen LogP contribution in [0.1, 0.15) is 56.0 Å². The summed E-state index contributed by atoms with van der Waals surface area (Å²) in [6.45, 7) is 6.08. The molecule has 1 heterocycles. The zero-order chi connectivity index (χ0) is 16.0. The van der Waals surface area contributed by atoms with Gasteiger partial charge in [0.15, 0.2) is 0 Å². The van der Waals surface area contributed by atoms with Crippen LogP contribution in [0, 0.1) is 11.8 Å². The third kappa shape index (κ3) is 2.57. The number of hydrogen-bond donors (Lipinski definition) is 0. The zero-order valence-corrected chi connectivity index (χ0v) is 12.9. The fourth-order valence-electron chi connectivity index (χ4n) is 4.26. The Hall–Kier alpha value is -1.32. The van der Waals surface area contributed by atoms with Crippen LogP contribution < -0.4 is 0 Å². The highest BCUT2D eigenvalue weighted by molar-refractivity contribution is 5.37. The minimum atomic E-state index is -4.35. The van der Waals surface area contributed by atoms with Gasteiger partial charge in [0.05, 0.1) is 0 Å². The molecular weight excluding hydrogens is 287 g/mol. The molecule has 0 saturated heterocycles. The van der Waals surface area contributed by atoms with E-state index < -0.39 is 11.9 Å². The second-order valence-electron chi connectivity index (χ2n) is 6.90. The predicted octanol–water partition coefficient (Wildman–Crippen LogP) is 5.30. The van der Waals surface area contributed by atoms with Crippen LogP contribution in [0.25, 0.3) is 0 Å². The molecule has 2 aliphatic carbocycles. The maximum absolute atomic E-state index is 12.8. The van der Waals surface area contributed by atoms with Crippen LogP contribution in [0.4, 0.5) is 13.2 Å². The molecule has 0 aliphatic heterocycles. The summed E-state index contributed by atoms with van der Waals surface area (Å²) in [6, 6.07) is 2.85. The molecule has 0 radical (unpaired) electrons. The minimum Gasteiger partial charge on any atom is -0.248 e. The van der Waals surface area contributed by atoms with Gasteiger partial charge in [0, 0.05) is 5.69 Å². The van der Waals surface area contributed by atoms with Crippen LogP contribution in [0.2, 0.25) is 0 Å². The molecule has 4 heteroatoms. The van der Waals surface area contributed by atoms with E-state index in [1.54, 1.807) is 6.07 Å². The summed E-state index contributed by atoms with van der Waals surface area (Å²) in [5.74, 6) is 1.18. The molecule has 1 spiro atoms. The van der Waals surface area contributed by atoms with Crippen molar-refractivity contribution < 1.29 is 13.2 Å². The number of allylic oxidation sites excluding steroid dienone is 1. The van der Waals surface area contributed by atoms with Crippen LogP contribution in [0.5, 0.6) is 0 Å². The Balaban J connectivity index is 1.82. The van der Waals surface area contributed by atoms with Crippen molar-refractivity contribution in [2.24, 2.45) is 11.8 Å². The average molecular weight is 309 g/mol. The lowest BCUT2D eigenvalue weighted by atomic mass is 9.65. The second kappa shape index (κ2) is 5.39. The number of nitrogens with zero attached hydrogens (tertiary/aromatic N) is 1. The van der Waals surface area contributed by atoms with Gasteiger partial charge in [0.1, 0.15) is 5.69 Å². The molecule has 1 atom stereocenters. The second-order valence-corrected chi connectivity index (χ2v) is 6.90. The van der Waals surface area contributed by atoms with Crippen molar-refractivity contribution in [2.75, 3.05) is 0 Å². The van der Waals surface area contributed by atoms with Gasteiger partial charge in [-0.1, -0.05) is 19.1 Å². The fraction of sp³-hybridized carbons (Fsp3) is 0.611. The molecule has 1 nitrogen and oxygen atoms in total. The molecule has 1 aromatic heterocycles. The van der Waals surface area contributed by atoms with Crippen molar-refractivity contribution in [1.29, 1.82) is 0 Å². The van der Waals surface area contributed by atoms with E-state index in [2.05, 4.69) is 18.5 Å². The smallest absolute Gasteiger partial charge is 0.248 e. The summed E-state index contributed by atoms with van der Waals surface area (Å²) in [5, 5.41) is 0. The molecule has 1 fully saturated rings. The lowest BCUT2D eigenvalue weighted by Crippen LogP contribution is -2.31. The van der Waals surface area contributed by atoms with Gasteiger partial charge in [-0.05, 0) is 67.4 Å². The first-order chi connectivity index (χ1) is 10.4. The number of fused-ring (bicyclic) bond motifs is 2. The normalized spacial score (nSPS) is 29.4. The quantitative estimate of drug-likeness (QED) is 0.676. The van der Waals surface area contributed by atoms with Crippen molar-refractivity contribution in [1.82, 2.24) is 4.98 Å². The average Bonchev–Trinajstić information content (AvgIpc) is 2.85. The van der Waals surface area contributed by atoms with Crippen molar-refractivity contribution >= 4 is 0 Å². The van der Waals surface area contributed by atoms with Crippen molar-refractivity contribution in [3.05, 3.63) is 41.7 Å². The number of hydrogen-bond acceptors (Lipinski definition) is 1. The van der Waals surface area contributed by atoms with Crippen molar-refractivity contribution in [3.63, 3.8) is 0 Å². The standard InChI is InChI=1S/C18H22F3N/c1-3-12(2)13-6-9-17(10-7-13)11-8-15-14(17)4-5-16(22-15)18(19,20)21/h3-5,12-13H,1,6-11H2,2H3. The Morgan fingerprint density at radius 2 is 1.95 bits per heavy atom. The van der Waals surface area contributed by atoms with Crippen LogP contribution in [-0.2, 0) is 18.0 Å². The summed E-state index contributed by atoms with van der Waals surface area (Å²) in [4.78, 5) is 3.90. The maximum atomic E-state index is 12.8. The van der Waals surface area contributed by atoms with Crippen LogP contribution in [-0.4, -0.2) is 4.98 Å². The monoisotopic (exact) mass is 309 g/mol. The molecule has 1 aromatic rings. The highest BCUT2D eigenvalue weighted by Gasteiger charge is 2.44. The molecule has 120 valence electrons. The Kier molecular flexibility index (Phi) is 3.82. The number of pyridine rings is 1. The van der Waals surface area contributed by atoms with E-state index in [-0.39, 0.29) is 5.41 Å². The van der Waals surface area contributed by atoms with E-state index in [0.717, 1.165) is 43.7 Å². The zero-order valence-electron chi connectivity index (χ0n) is 12.9. The molecule has 1 saturated carbocycles. The Labute approximate surface area is 129 Å². The van der Waals surface area contributed by atoms with E-state index in [1.807, 2.05) is 6.08 Å². The number of rotatable bonds is 2. The Morgan fingerprint density at radius 3 is 2.55 bits per heavy atom. The van der Waals surface area contributed by atoms with Gasteiger partial charge in [0.25, 0.3) is 0 Å². The van der Waals surface area contributed by atoms with E-state index in [0.29, 0.717) is 24.0 Å². The molecule has 22 heavy (non-hydrogen) atoms. The Morgan fingerprint density at radius 1 is 1.27 bits per heavy atom. The molecule has 0 N–H and O–H groups in total. The number of aryl methyl sites for hydroxylation is 1. The third-order valence-corrected chi connectivity index (χ3v) is 5.78. The van der Waals surface area contributed by atoms with Gasteiger partial charge in [0.2, 0.25) is 0 Å². The number of halogens is 3. The molecule has 2 aliphatic rings. The van der Waals surface area contributed by atoms with Crippen LogP contribution in [0.3, 0.4) is 0 Å². The molecule has 3 rings (SSSR count). The summed E-state index contributed by atoms with van der Waals surface area (Å²) in [5.41, 5.74) is 1.07. The Bertz CT molecular complexity index is 568. The van der Waals surface area contributed by atoms with Gasteiger partial charge in [-0.25, -0.2) is 4.98 Å². The van der Waals surface area contributed by atoms with E-state index in [4.69, 9.17) is 0 Å². The van der Waals surface area contributed by atoms with Gasteiger partial charge in [-0.15, -0.1) is 6.58 Å². The first-order valence-electron chi connectivity index (χ1n) is 8.06. The molecule has 0 amide bonds. The van der Waals surface area contributed by atoms with Gasteiger partial charge in [-0.2, -0.15) is 13.2 Å². The van der Waals surface area contributed by atoms with Gasteiger partial charge in [-0.3, -0.25) is 0 Å². The molecular formula is C18H22F3N. The van der Waals surface area contributed by atoms with Gasteiger partial charge >= 0.3 is 6.18 Å². The topological polar surface area (TPSA) is 12.9 Å². The molecule has 1 unspecified atom stereocenters. The van der Waals surface area contributed by atoms with Crippen LogP contribution >= 0.6 is 0 Å². The first kappa shape index (κ1) is 15.6. The number of aromatic nitrogens is 1. The molecule has 0 aromatic carbocycles. The maximum Gasteiger partial charge on any atom is 0.433 e. The van der Waals surface area contributed by atoms with Crippen LogP contribution in [0.15, 0.2) is 24.8 Å². The summed E-state index contributed by atoms with van der Waals surface area (Å²) in [7, 11) is 0. The van der Waals surface area contributed by atoms with Crippen molar-refractivity contribution in [3.8, 4) is 0 Å². The minimum absolute atomic E-state index is 0.0733. The van der Waals surface area contributed by atoms with E-state index >= 15 is 0 Å². The summed E-state index contributed by atoms with van der Waals surface area (Å²) >= 11 is 0. The largest absolute Gasteiger partial charge is 0.433 e. The lowest BCUT2D eigenvalue weighted by molar-refractivity contribution is -0.141. The summed E-state index contributed by atoms with van der Waals surface area (Å²) < 4.78 is 38.4. The molecule has 0 bridgehead atoms. The summed E-state index contributed by atoms with van der Waals surface area (Å²) in [6.07, 6.45) is 3.70. The SMILES string of the molecule is C=CC(C)C1CCC2(CCc3nc(C(F)(F)F)ccc32)CC1. The van der Waals surface area contributed by atoms with Crippen molar-refractivity contribution in [2.45, 2.75) is 57.0 Å². The first-order valence-corrected chi connectivity index (χ1v) is 8.06. The third-order valence-electron chi connectivity index (χ3n) is 5.78. The van der Waals surface area contributed by atoms with E-state index in [9.17, 15) is 13.2 Å². The predicted molar refractivity (Wildman–Crippen MR) is 80.6 cm³/mol. The highest BCUT2D eigenvalue weighted by Crippen LogP contribution is 2.51. The van der Waals surface area contributed by atoms with Gasteiger partial charge < -0.3 is 0 Å². The van der Waals surface area contributed by atoms with E-state index in [1.165, 1.54) is 0 Å². The number of alkyl halides is 3.